The fourth-order valence-corrected chi connectivity index (χ4v) is 4.16. The van der Waals surface area contributed by atoms with Crippen LogP contribution in [0.4, 0.5) is 5.69 Å². The standard InChI is InChI=1S/C26H30N2O6/c1-18-7-5-8-20(15-18)26-27-23(19(2)34-26)17-33-22-10-6-9-21(16-22)31-13-14-32-25-12-4-3-11-24(25)28(29)30/h3-5,7-8,11-12,15,21-22H,6,9-10,13-14,16-17H2,1-2H3. The summed E-state index contributed by atoms with van der Waals surface area (Å²) in [5, 5.41) is 11.1. The molecule has 34 heavy (non-hydrogen) atoms. The Hall–Kier alpha value is -3.23. The summed E-state index contributed by atoms with van der Waals surface area (Å²) in [5.74, 6) is 1.64. The summed E-state index contributed by atoms with van der Waals surface area (Å²) < 4.78 is 23.6. The molecular formula is C26H30N2O6. The number of nitrogens with zero attached hydrogens (tertiary/aromatic N) is 2. The number of rotatable bonds is 10. The van der Waals surface area contributed by atoms with Crippen LogP contribution in [-0.2, 0) is 16.1 Å². The molecule has 8 nitrogen and oxygen atoms in total. The van der Waals surface area contributed by atoms with Crippen LogP contribution in [0.1, 0.15) is 42.7 Å². The molecule has 1 fully saturated rings. The van der Waals surface area contributed by atoms with Gasteiger partial charge in [0.1, 0.15) is 18.1 Å². The number of para-hydroxylation sites is 2. The molecule has 2 unspecified atom stereocenters. The Morgan fingerprint density at radius 1 is 1.06 bits per heavy atom. The predicted molar refractivity (Wildman–Crippen MR) is 127 cm³/mol. The molecule has 0 radical (unpaired) electrons. The van der Waals surface area contributed by atoms with Crippen LogP contribution in [-0.4, -0.2) is 35.3 Å². The molecule has 0 N–H and O–H groups in total. The maximum atomic E-state index is 11.1. The summed E-state index contributed by atoms with van der Waals surface area (Å²) in [5.41, 5.74) is 2.90. The van der Waals surface area contributed by atoms with Gasteiger partial charge >= 0.3 is 5.69 Å². The van der Waals surface area contributed by atoms with Crippen LogP contribution in [0.15, 0.2) is 52.9 Å². The fourth-order valence-electron chi connectivity index (χ4n) is 4.16. The second kappa shape index (κ2) is 11.3. The van der Waals surface area contributed by atoms with E-state index in [9.17, 15) is 10.1 Å². The van der Waals surface area contributed by atoms with Crippen LogP contribution in [0.2, 0.25) is 0 Å². The number of benzene rings is 2. The van der Waals surface area contributed by atoms with Gasteiger partial charge in [-0.05, 0) is 57.7 Å². The van der Waals surface area contributed by atoms with E-state index in [0.29, 0.717) is 19.1 Å². The van der Waals surface area contributed by atoms with Gasteiger partial charge in [-0.15, -0.1) is 0 Å². The molecule has 0 aliphatic heterocycles. The largest absolute Gasteiger partial charge is 0.484 e. The average molecular weight is 467 g/mol. The molecule has 1 aliphatic rings. The topological polar surface area (TPSA) is 96.9 Å². The SMILES string of the molecule is Cc1cccc(-c2nc(COC3CCCC(OCCOc4ccccc4[N+](=O)[O-])C3)c(C)o2)c1. The van der Waals surface area contributed by atoms with Crippen LogP contribution in [0.5, 0.6) is 5.75 Å². The molecule has 8 heteroatoms. The van der Waals surface area contributed by atoms with Crippen molar-refractivity contribution in [2.24, 2.45) is 0 Å². The quantitative estimate of drug-likeness (QED) is 0.212. The molecule has 3 aromatic rings. The summed E-state index contributed by atoms with van der Waals surface area (Å²) in [6.45, 7) is 4.98. The zero-order valence-electron chi connectivity index (χ0n) is 19.6. The third-order valence-electron chi connectivity index (χ3n) is 5.95. The lowest BCUT2D eigenvalue weighted by molar-refractivity contribution is -0.385. The van der Waals surface area contributed by atoms with Gasteiger partial charge in [0.15, 0.2) is 5.75 Å². The average Bonchev–Trinajstić information content (AvgIpc) is 3.21. The number of ether oxygens (including phenoxy) is 3. The zero-order chi connectivity index (χ0) is 23.9. The minimum absolute atomic E-state index is 0.0395. The molecule has 2 atom stereocenters. The van der Waals surface area contributed by atoms with Gasteiger partial charge in [-0.2, -0.15) is 0 Å². The van der Waals surface area contributed by atoms with Crippen molar-refractivity contribution in [3.63, 3.8) is 0 Å². The third kappa shape index (κ3) is 6.21. The first-order valence-electron chi connectivity index (χ1n) is 11.6. The summed E-state index contributed by atoms with van der Waals surface area (Å²) in [6.07, 6.45) is 3.93. The van der Waals surface area contributed by atoms with Crippen molar-refractivity contribution in [2.45, 2.75) is 58.3 Å². The Bertz CT molecular complexity index is 1110. The molecule has 2 aromatic carbocycles. The molecule has 1 aromatic heterocycles. The number of aryl methyl sites for hydroxylation is 2. The van der Waals surface area contributed by atoms with Crippen molar-refractivity contribution in [2.75, 3.05) is 13.2 Å². The molecule has 0 saturated heterocycles. The van der Waals surface area contributed by atoms with Crippen LogP contribution >= 0.6 is 0 Å². The summed E-state index contributed by atoms with van der Waals surface area (Å²) >= 11 is 0. The molecule has 1 aliphatic carbocycles. The third-order valence-corrected chi connectivity index (χ3v) is 5.95. The predicted octanol–water partition coefficient (Wildman–Crippen LogP) is 5.79. The van der Waals surface area contributed by atoms with Gasteiger partial charge in [0, 0.05) is 11.6 Å². The van der Waals surface area contributed by atoms with Crippen molar-refractivity contribution < 1.29 is 23.6 Å². The first-order chi connectivity index (χ1) is 16.5. The normalized spacial score (nSPS) is 18.1. The fraction of sp³-hybridized carbons (Fsp3) is 0.423. The van der Waals surface area contributed by atoms with Crippen molar-refractivity contribution in [1.29, 1.82) is 0 Å². The number of hydrogen-bond acceptors (Lipinski definition) is 7. The lowest BCUT2D eigenvalue weighted by atomic mass is 9.95. The van der Waals surface area contributed by atoms with E-state index in [2.05, 4.69) is 11.1 Å². The smallest absolute Gasteiger partial charge is 0.310 e. The molecule has 1 heterocycles. The molecule has 0 amide bonds. The molecule has 180 valence electrons. The van der Waals surface area contributed by atoms with Crippen molar-refractivity contribution in [3.05, 3.63) is 75.7 Å². The van der Waals surface area contributed by atoms with Crippen LogP contribution in [0.3, 0.4) is 0 Å². The van der Waals surface area contributed by atoms with E-state index in [0.717, 1.165) is 48.3 Å². The Morgan fingerprint density at radius 2 is 1.85 bits per heavy atom. The number of oxazole rings is 1. The Labute approximate surface area is 199 Å². The molecule has 0 spiro atoms. The summed E-state index contributed by atoms with van der Waals surface area (Å²) in [7, 11) is 0. The van der Waals surface area contributed by atoms with E-state index < -0.39 is 4.92 Å². The summed E-state index contributed by atoms with van der Waals surface area (Å²) in [4.78, 5) is 15.3. The van der Waals surface area contributed by atoms with E-state index in [1.54, 1.807) is 18.2 Å². The molecule has 4 rings (SSSR count). The van der Waals surface area contributed by atoms with Gasteiger partial charge in [-0.25, -0.2) is 4.98 Å². The van der Waals surface area contributed by atoms with Crippen molar-refractivity contribution >= 4 is 5.69 Å². The monoisotopic (exact) mass is 466 g/mol. The Balaban J connectivity index is 1.23. The molecule has 1 saturated carbocycles. The van der Waals surface area contributed by atoms with Gasteiger partial charge < -0.3 is 18.6 Å². The lowest BCUT2D eigenvalue weighted by Crippen LogP contribution is -2.29. The highest BCUT2D eigenvalue weighted by Crippen LogP contribution is 2.28. The van der Waals surface area contributed by atoms with Gasteiger partial charge in [0.25, 0.3) is 0 Å². The highest BCUT2D eigenvalue weighted by molar-refractivity contribution is 5.54. The van der Waals surface area contributed by atoms with Gasteiger partial charge in [-0.3, -0.25) is 10.1 Å². The second-order valence-electron chi connectivity index (χ2n) is 8.56. The van der Waals surface area contributed by atoms with E-state index in [-0.39, 0.29) is 30.3 Å². The highest BCUT2D eigenvalue weighted by Gasteiger charge is 2.24. The maximum absolute atomic E-state index is 11.1. The lowest BCUT2D eigenvalue weighted by Gasteiger charge is -2.29. The Morgan fingerprint density at radius 3 is 2.65 bits per heavy atom. The molecular weight excluding hydrogens is 436 g/mol. The number of hydrogen-bond donors (Lipinski definition) is 0. The van der Waals surface area contributed by atoms with Crippen molar-refractivity contribution in [1.82, 2.24) is 4.98 Å². The van der Waals surface area contributed by atoms with E-state index in [4.69, 9.17) is 18.6 Å². The number of nitro groups is 1. The van der Waals surface area contributed by atoms with Gasteiger partial charge in [-0.1, -0.05) is 29.8 Å². The highest BCUT2D eigenvalue weighted by atomic mass is 16.6. The van der Waals surface area contributed by atoms with E-state index in [1.165, 1.54) is 6.07 Å². The summed E-state index contributed by atoms with van der Waals surface area (Å²) in [6, 6.07) is 14.4. The van der Waals surface area contributed by atoms with E-state index >= 15 is 0 Å². The zero-order valence-corrected chi connectivity index (χ0v) is 19.6. The van der Waals surface area contributed by atoms with Gasteiger partial charge in [0.2, 0.25) is 5.89 Å². The first-order valence-corrected chi connectivity index (χ1v) is 11.6. The Kier molecular flexibility index (Phi) is 7.92. The number of aromatic nitrogens is 1. The van der Waals surface area contributed by atoms with Crippen LogP contribution in [0, 0.1) is 24.0 Å². The molecule has 0 bridgehead atoms. The number of nitro benzene ring substituents is 1. The van der Waals surface area contributed by atoms with E-state index in [1.807, 2.05) is 32.0 Å². The van der Waals surface area contributed by atoms with Crippen LogP contribution in [0.25, 0.3) is 11.5 Å². The second-order valence-corrected chi connectivity index (χ2v) is 8.56. The minimum atomic E-state index is -0.445. The van der Waals surface area contributed by atoms with Crippen molar-refractivity contribution in [3.8, 4) is 17.2 Å². The van der Waals surface area contributed by atoms with Gasteiger partial charge in [0.05, 0.1) is 30.3 Å². The minimum Gasteiger partial charge on any atom is -0.484 e. The maximum Gasteiger partial charge on any atom is 0.310 e. The first kappa shape index (κ1) is 23.9. The van der Waals surface area contributed by atoms with Crippen LogP contribution < -0.4 is 4.74 Å².